The minimum Gasteiger partial charge on any atom is -0.370 e. The Bertz CT molecular complexity index is 811. The van der Waals surface area contributed by atoms with Crippen LogP contribution in [0.25, 0.3) is 0 Å². The van der Waals surface area contributed by atoms with Crippen molar-refractivity contribution in [2.75, 3.05) is 36.0 Å². The molecule has 1 aromatic heterocycles. The van der Waals surface area contributed by atoms with E-state index in [1.807, 2.05) is 4.90 Å². The van der Waals surface area contributed by atoms with Gasteiger partial charge in [0.1, 0.15) is 11.4 Å². The molecule has 1 aliphatic rings. The van der Waals surface area contributed by atoms with Crippen molar-refractivity contribution in [2.45, 2.75) is 19.5 Å². The predicted molar refractivity (Wildman–Crippen MR) is 91.8 cm³/mol. The summed E-state index contributed by atoms with van der Waals surface area (Å²) in [7, 11) is 0. The van der Waals surface area contributed by atoms with E-state index < -0.39 is 22.4 Å². The molecule has 2 aromatic rings. The average molecular weight is 387 g/mol. The first-order valence-corrected chi connectivity index (χ1v) is 8.69. The van der Waals surface area contributed by atoms with Crippen LogP contribution in [0.5, 0.6) is 0 Å². The lowest BCUT2D eigenvalue weighted by Crippen LogP contribution is -2.30. The zero-order valence-corrected chi connectivity index (χ0v) is 14.7. The molecule has 0 unspecified atom stereocenters. The molecule has 0 radical (unpaired) electrons. The number of aryl methyl sites for hydroxylation is 1. The molecule has 0 atom stereocenters. The summed E-state index contributed by atoms with van der Waals surface area (Å²) in [5.74, 6) is 0.691. The van der Waals surface area contributed by atoms with Crippen LogP contribution in [-0.2, 0) is 6.18 Å². The molecule has 0 amide bonds. The Balaban J connectivity index is 1.82. The van der Waals surface area contributed by atoms with E-state index in [1.165, 1.54) is 17.6 Å². The number of halogens is 3. The summed E-state index contributed by atoms with van der Waals surface area (Å²) in [5.41, 5.74) is -1.82. The monoisotopic (exact) mass is 387 g/mol. The first kappa shape index (κ1) is 18.4. The normalized spacial score (nSPS) is 15.8. The number of nitrogens with zero attached hydrogens (tertiary/aromatic N) is 5. The second-order valence-electron chi connectivity index (χ2n) is 5.91. The van der Waals surface area contributed by atoms with Gasteiger partial charge in [0.2, 0.25) is 5.13 Å². The summed E-state index contributed by atoms with van der Waals surface area (Å²) < 4.78 is 43.7. The smallest absolute Gasteiger partial charge is 0.370 e. The van der Waals surface area contributed by atoms with Gasteiger partial charge in [0.15, 0.2) is 0 Å². The van der Waals surface area contributed by atoms with Crippen molar-refractivity contribution in [3.05, 3.63) is 39.7 Å². The Kier molecular flexibility index (Phi) is 4.99. The van der Waals surface area contributed by atoms with Gasteiger partial charge >= 0.3 is 6.18 Å². The van der Waals surface area contributed by atoms with Crippen LogP contribution in [0.15, 0.2) is 18.2 Å². The number of anilines is 2. The lowest BCUT2D eigenvalue weighted by Gasteiger charge is -2.24. The standard InChI is InChI=1S/C15H16F3N5O2S/c1-10-19-14(26-20-10)22-6-2-5-21(7-8-22)11-3-4-13(23(24)25)12(9-11)15(16,17)18/h3-4,9H,2,5-8H2,1H3. The summed E-state index contributed by atoms with van der Waals surface area (Å²) in [5, 5.41) is 11.7. The van der Waals surface area contributed by atoms with Crippen LogP contribution in [0.2, 0.25) is 0 Å². The van der Waals surface area contributed by atoms with Gasteiger partial charge in [-0.3, -0.25) is 10.1 Å². The maximum Gasteiger partial charge on any atom is 0.423 e. The molecule has 1 aliphatic heterocycles. The highest BCUT2D eigenvalue weighted by Crippen LogP contribution is 2.38. The zero-order valence-electron chi connectivity index (χ0n) is 13.9. The van der Waals surface area contributed by atoms with Gasteiger partial charge < -0.3 is 9.80 Å². The van der Waals surface area contributed by atoms with Gasteiger partial charge in [0, 0.05) is 49.5 Å². The van der Waals surface area contributed by atoms with E-state index in [9.17, 15) is 23.3 Å². The minimum absolute atomic E-state index is 0.332. The zero-order chi connectivity index (χ0) is 18.9. The fourth-order valence-electron chi connectivity index (χ4n) is 2.89. The molecule has 1 aromatic carbocycles. The van der Waals surface area contributed by atoms with Crippen LogP contribution < -0.4 is 9.80 Å². The van der Waals surface area contributed by atoms with Crippen molar-refractivity contribution in [2.24, 2.45) is 0 Å². The lowest BCUT2D eigenvalue weighted by molar-refractivity contribution is -0.388. The molecule has 0 saturated carbocycles. The average Bonchev–Trinajstić information content (AvgIpc) is 2.86. The largest absolute Gasteiger partial charge is 0.423 e. The molecule has 0 aliphatic carbocycles. The van der Waals surface area contributed by atoms with Crippen molar-refractivity contribution in [3.8, 4) is 0 Å². The number of nitro benzene ring substituents is 1. The van der Waals surface area contributed by atoms with E-state index in [-0.39, 0.29) is 0 Å². The van der Waals surface area contributed by atoms with Crippen LogP contribution in [-0.4, -0.2) is 40.5 Å². The number of rotatable bonds is 3. The summed E-state index contributed by atoms with van der Waals surface area (Å²) in [4.78, 5) is 18.1. The molecule has 1 fully saturated rings. The van der Waals surface area contributed by atoms with Crippen molar-refractivity contribution in [1.82, 2.24) is 9.36 Å². The first-order valence-electron chi connectivity index (χ1n) is 7.91. The third kappa shape index (κ3) is 3.87. The molecule has 2 heterocycles. The van der Waals surface area contributed by atoms with E-state index >= 15 is 0 Å². The van der Waals surface area contributed by atoms with Gasteiger partial charge in [-0.2, -0.15) is 17.5 Å². The number of aromatic nitrogens is 2. The third-order valence-electron chi connectivity index (χ3n) is 4.13. The number of hydrogen-bond donors (Lipinski definition) is 0. The number of nitro groups is 1. The van der Waals surface area contributed by atoms with Crippen LogP contribution in [0.3, 0.4) is 0 Å². The number of alkyl halides is 3. The first-order chi connectivity index (χ1) is 12.3. The van der Waals surface area contributed by atoms with E-state index in [0.717, 1.165) is 30.2 Å². The van der Waals surface area contributed by atoms with Crippen LogP contribution in [0, 0.1) is 17.0 Å². The second kappa shape index (κ2) is 7.06. The molecule has 0 bridgehead atoms. The maximum absolute atomic E-state index is 13.2. The number of benzene rings is 1. The highest BCUT2D eigenvalue weighted by Gasteiger charge is 2.38. The molecular formula is C15H16F3N5O2S. The fraction of sp³-hybridized carbons (Fsp3) is 0.467. The third-order valence-corrected chi connectivity index (χ3v) is 5.00. The highest BCUT2D eigenvalue weighted by molar-refractivity contribution is 7.09. The van der Waals surface area contributed by atoms with Gasteiger partial charge in [0.25, 0.3) is 5.69 Å². The summed E-state index contributed by atoms with van der Waals surface area (Å²) >= 11 is 1.30. The Morgan fingerprint density at radius 2 is 1.88 bits per heavy atom. The van der Waals surface area contributed by atoms with Gasteiger partial charge in [0.05, 0.1) is 4.92 Å². The minimum atomic E-state index is -4.78. The van der Waals surface area contributed by atoms with E-state index in [0.29, 0.717) is 31.1 Å². The van der Waals surface area contributed by atoms with Crippen molar-refractivity contribution < 1.29 is 18.1 Å². The van der Waals surface area contributed by atoms with Crippen molar-refractivity contribution in [3.63, 3.8) is 0 Å². The van der Waals surface area contributed by atoms with Crippen molar-refractivity contribution in [1.29, 1.82) is 0 Å². The quantitative estimate of drug-likeness (QED) is 0.593. The fourth-order valence-corrected chi connectivity index (χ4v) is 3.61. The Labute approximate surface area is 151 Å². The molecule has 140 valence electrons. The Morgan fingerprint density at radius 1 is 1.19 bits per heavy atom. The van der Waals surface area contributed by atoms with Crippen molar-refractivity contribution >= 4 is 28.0 Å². The summed E-state index contributed by atoms with van der Waals surface area (Å²) in [6.45, 7) is 4.17. The molecule has 26 heavy (non-hydrogen) atoms. The van der Waals surface area contributed by atoms with Gasteiger partial charge in [-0.15, -0.1) is 0 Å². The molecule has 0 N–H and O–H groups in total. The predicted octanol–water partition coefficient (Wildman–Crippen LogP) is 3.49. The maximum atomic E-state index is 13.2. The van der Waals surface area contributed by atoms with Crippen LogP contribution in [0.4, 0.5) is 29.7 Å². The number of hydrogen-bond acceptors (Lipinski definition) is 7. The Morgan fingerprint density at radius 3 is 2.50 bits per heavy atom. The topological polar surface area (TPSA) is 75.4 Å². The SMILES string of the molecule is Cc1nsc(N2CCCN(c3ccc([N+](=O)[O-])c(C(F)(F)F)c3)CC2)n1. The second-order valence-corrected chi connectivity index (χ2v) is 6.64. The van der Waals surface area contributed by atoms with Gasteiger partial charge in [-0.05, 0) is 25.5 Å². The van der Waals surface area contributed by atoms with Crippen LogP contribution >= 0.6 is 11.5 Å². The molecule has 3 rings (SSSR count). The lowest BCUT2D eigenvalue weighted by atomic mass is 10.1. The van der Waals surface area contributed by atoms with Gasteiger partial charge in [-0.25, -0.2) is 4.98 Å². The van der Waals surface area contributed by atoms with Gasteiger partial charge in [-0.1, -0.05) is 0 Å². The molecular weight excluding hydrogens is 371 g/mol. The summed E-state index contributed by atoms with van der Waals surface area (Å²) in [6, 6.07) is 3.16. The van der Waals surface area contributed by atoms with E-state index in [4.69, 9.17) is 0 Å². The summed E-state index contributed by atoms with van der Waals surface area (Å²) in [6.07, 6.45) is -4.04. The molecule has 11 heteroatoms. The van der Waals surface area contributed by atoms with E-state index in [1.54, 1.807) is 6.92 Å². The Hall–Kier alpha value is -2.43. The van der Waals surface area contributed by atoms with Crippen LogP contribution in [0.1, 0.15) is 17.8 Å². The van der Waals surface area contributed by atoms with E-state index in [2.05, 4.69) is 14.3 Å². The molecule has 0 spiro atoms. The highest BCUT2D eigenvalue weighted by atomic mass is 32.1. The molecule has 7 nitrogen and oxygen atoms in total. The molecule has 1 saturated heterocycles.